The van der Waals surface area contributed by atoms with E-state index in [-0.39, 0.29) is 25.9 Å². The second-order valence-corrected chi connectivity index (χ2v) is 18.1. The second-order valence-electron chi connectivity index (χ2n) is 18.1. The average molecular weight is 995 g/mol. The minimum Gasteiger partial charge on any atom is -0.479 e. The number of rotatable bonds is 44. The van der Waals surface area contributed by atoms with E-state index in [4.69, 9.17) is 23.7 Å². The molecule has 12 heteroatoms. The standard InChI is InChI=1S/C59H94O12/c1-4-7-10-13-16-19-21-23-25-26-28-30-32-35-38-41-44-47-53(62)70-57-55(64)54(63)56(58(65)66)71-59(57)68-49-50(69-52(61)46-43-40-37-33-18-15-12-9-6-3)48-67-51(60)45-42-39-36-34-31-29-27-24-22-20-17-14-11-8-5-2/h7-8,10-11,16-17,19-20,23-25,27,31,34,39,42,50,54-57,59,63-64H,4-6,9,12-15,18,21-22,26,28-30,32-33,35-38,40-41,43-49H2,1-3H3,(H,65,66)/b10-7-,11-8-,19-16-,20-17-,25-23-,27-24-,34-31-,42-39-. The molecule has 0 radical (unpaired) electrons. The molecule has 0 saturated carbocycles. The van der Waals surface area contributed by atoms with Gasteiger partial charge in [-0.25, -0.2) is 4.79 Å². The maximum Gasteiger partial charge on any atom is 0.335 e. The Labute approximate surface area is 428 Å². The van der Waals surface area contributed by atoms with E-state index in [1.165, 1.54) is 32.1 Å². The van der Waals surface area contributed by atoms with Gasteiger partial charge in [0.05, 0.1) is 13.0 Å². The highest BCUT2D eigenvalue weighted by Gasteiger charge is 2.50. The summed E-state index contributed by atoms with van der Waals surface area (Å²) in [5, 5.41) is 31.4. The summed E-state index contributed by atoms with van der Waals surface area (Å²) >= 11 is 0. The number of hydrogen-bond donors (Lipinski definition) is 3. The van der Waals surface area contributed by atoms with Gasteiger partial charge in [0.1, 0.15) is 18.8 Å². The van der Waals surface area contributed by atoms with Gasteiger partial charge in [-0.15, -0.1) is 0 Å². The summed E-state index contributed by atoms with van der Waals surface area (Å²) in [4.78, 5) is 50.8. The van der Waals surface area contributed by atoms with Crippen LogP contribution < -0.4 is 0 Å². The van der Waals surface area contributed by atoms with Gasteiger partial charge in [0.15, 0.2) is 24.6 Å². The van der Waals surface area contributed by atoms with Crippen molar-refractivity contribution in [1.29, 1.82) is 0 Å². The lowest BCUT2D eigenvalue weighted by Gasteiger charge is -2.40. The molecule has 1 aliphatic rings. The number of carboxylic acid groups (broad SMARTS) is 1. The predicted molar refractivity (Wildman–Crippen MR) is 284 cm³/mol. The second kappa shape index (κ2) is 46.7. The molecule has 0 spiro atoms. The molecule has 6 unspecified atom stereocenters. The van der Waals surface area contributed by atoms with E-state index in [1.54, 1.807) is 6.08 Å². The Morgan fingerprint density at radius 3 is 1.42 bits per heavy atom. The number of aliphatic hydroxyl groups excluding tert-OH is 2. The maximum absolute atomic E-state index is 13.0. The van der Waals surface area contributed by atoms with E-state index in [2.05, 4.69) is 99.8 Å². The third-order valence-corrected chi connectivity index (χ3v) is 11.7. The first-order chi connectivity index (χ1) is 34.6. The molecule has 0 aromatic carbocycles. The molecule has 6 atom stereocenters. The summed E-state index contributed by atoms with van der Waals surface area (Å²) in [6.45, 7) is 5.62. The summed E-state index contributed by atoms with van der Waals surface area (Å²) in [6, 6.07) is 0. The first kappa shape index (κ1) is 64.7. The lowest BCUT2D eigenvalue weighted by molar-refractivity contribution is -0.301. The van der Waals surface area contributed by atoms with Gasteiger partial charge in [0.25, 0.3) is 0 Å². The van der Waals surface area contributed by atoms with Crippen LogP contribution in [-0.2, 0) is 42.9 Å². The van der Waals surface area contributed by atoms with Crippen LogP contribution in [0.1, 0.15) is 201 Å². The average Bonchev–Trinajstić information content (AvgIpc) is 3.35. The van der Waals surface area contributed by atoms with Crippen molar-refractivity contribution in [2.45, 2.75) is 237 Å². The quantitative estimate of drug-likeness (QED) is 0.0228. The Kier molecular flexibility index (Phi) is 42.5. The molecular formula is C59H94O12. The molecule has 71 heavy (non-hydrogen) atoms. The SMILES string of the molecule is CC/C=C\C/C=C\C/C=C\C/C=C\C/C=C\CC(=O)OCC(COC1OC(C(=O)O)C(O)C(O)C1OC(=O)CCCCCCCCC/C=C\C/C=C\C/C=C\CC)OC(=O)CCCCCCCCCCC. The summed E-state index contributed by atoms with van der Waals surface area (Å²) in [5.41, 5.74) is 0. The van der Waals surface area contributed by atoms with E-state index in [9.17, 15) is 34.5 Å². The number of ether oxygens (including phenoxy) is 5. The van der Waals surface area contributed by atoms with E-state index in [1.807, 2.05) is 12.2 Å². The van der Waals surface area contributed by atoms with Gasteiger partial charge in [-0.3, -0.25) is 14.4 Å². The van der Waals surface area contributed by atoms with Gasteiger partial charge in [-0.05, 0) is 77.0 Å². The fourth-order valence-corrected chi connectivity index (χ4v) is 7.57. The largest absolute Gasteiger partial charge is 0.479 e. The smallest absolute Gasteiger partial charge is 0.335 e. The van der Waals surface area contributed by atoms with Crippen LogP contribution in [0.4, 0.5) is 0 Å². The maximum atomic E-state index is 13.0. The summed E-state index contributed by atoms with van der Waals surface area (Å²) in [7, 11) is 0. The molecule has 1 fully saturated rings. The van der Waals surface area contributed by atoms with Crippen LogP contribution in [-0.4, -0.2) is 89.2 Å². The number of hydrogen-bond acceptors (Lipinski definition) is 11. The monoisotopic (exact) mass is 995 g/mol. The Morgan fingerprint density at radius 2 is 0.930 bits per heavy atom. The first-order valence-corrected chi connectivity index (χ1v) is 27.2. The summed E-state index contributed by atoms with van der Waals surface area (Å²) < 4.78 is 28.2. The Hall–Kier alpha value is -4.36. The molecule has 0 bridgehead atoms. The van der Waals surface area contributed by atoms with E-state index >= 15 is 0 Å². The molecule has 0 aromatic heterocycles. The Morgan fingerprint density at radius 1 is 0.493 bits per heavy atom. The van der Waals surface area contributed by atoms with Crippen molar-refractivity contribution in [2.24, 2.45) is 0 Å². The normalized spacial score (nSPS) is 19.3. The zero-order valence-electron chi connectivity index (χ0n) is 43.9. The number of aliphatic hydroxyl groups is 2. The lowest BCUT2D eigenvalue weighted by Crippen LogP contribution is -2.61. The summed E-state index contributed by atoms with van der Waals surface area (Å²) in [5.74, 6) is -3.31. The fourth-order valence-electron chi connectivity index (χ4n) is 7.57. The number of allylic oxidation sites excluding steroid dienone is 15. The minimum atomic E-state index is -1.92. The van der Waals surface area contributed by atoms with Crippen molar-refractivity contribution in [3.8, 4) is 0 Å². The van der Waals surface area contributed by atoms with Crippen molar-refractivity contribution in [2.75, 3.05) is 13.2 Å². The molecule has 12 nitrogen and oxygen atoms in total. The molecule has 0 amide bonds. The van der Waals surface area contributed by atoms with Crippen LogP contribution in [0.3, 0.4) is 0 Å². The lowest BCUT2D eigenvalue weighted by atomic mass is 9.98. The molecule has 0 aliphatic carbocycles. The van der Waals surface area contributed by atoms with Gasteiger partial charge in [0.2, 0.25) is 0 Å². The zero-order valence-corrected chi connectivity index (χ0v) is 43.9. The topological polar surface area (TPSA) is 175 Å². The molecule has 1 saturated heterocycles. The van der Waals surface area contributed by atoms with Crippen molar-refractivity contribution >= 4 is 23.9 Å². The predicted octanol–water partition coefficient (Wildman–Crippen LogP) is 13.3. The fraction of sp³-hybridized carbons (Fsp3) is 0.661. The van der Waals surface area contributed by atoms with E-state index in [0.29, 0.717) is 19.3 Å². The van der Waals surface area contributed by atoms with Crippen molar-refractivity contribution in [1.82, 2.24) is 0 Å². The highest BCUT2D eigenvalue weighted by Crippen LogP contribution is 2.26. The van der Waals surface area contributed by atoms with Crippen LogP contribution in [0.5, 0.6) is 0 Å². The van der Waals surface area contributed by atoms with Crippen molar-refractivity contribution in [3.05, 3.63) is 97.2 Å². The number of carbonyl (C=O) groups is 4. The summed E-state index contributed by atoms with van der Waals surface area (Å²) in [6.07, 6.45) is 48.5. The first-order valence-electron chi connectivity index (χ1n) is 27.2. The molecule has 0 aromatic rings. The zero-order chi connectivity index (χ0) is 51.8. The third-order valence-electron chi connectivity index (χ3n) is 11.7. The third kappa shape index (κ3) is 37.1. The van der Waals surface area contributed by atoms with E-state index < -0.39 is 67.3 Å². The molecular weight excluding hydrogens is 901 g/mol. The highest BCUT2D eigenvalue weighted by molar-refractivity contribution is 5.74. The van der Waals surface area contributed by atoms with Crippen LogP contribution in [0, 0.1) is 0 Å². The number of aliphatic carboxylic acids is 1. The number of unbranched alkanes of at least 4 members (excludes halogenated alkanes) is 15. The van der Waals surface area contributed by atoms with Crippen LogP contribution in [0.25, 0.3) is 0 Å². The molecule has 1 aliphatic heterocycles. The Bertz CT molecular complexity index is 1610. The highest BCUT2D eigenvalue weighted by atomic mass is 16.7. The molecule has 3 N–H and O–H groups in total. The van der Waals surface area contributed by atoms with Crippen molar-refractivity contribution < 1.29 is 58.2 Å². The van der Waals surface area contributed by atoms with Gasteiger partial charge < -0.3 is 39.0 Å². The van der Waals surface area contributed by atoms with Crippen LogP contribution in [0.15, 0.2) is 97.2 Å². The van der Waals surface area contributed by atoms with Gasteiger partial charge in [-0.2, -0.15) is 0 Å². The van der Waals surface area contributed by atoms with Gasteiger partial charge in [0, 0.05) is 12.8 Å². The van der Waals surface area contributed by atoms with Crippen LogP contribution >= 0.6 is 0 Å². The molecule has 402 valence electrons. The number of carboxylic acids is 1. The van der Waals surface area contributed by atoms with Gasteiger partial charge in [-0.1, -0.05) is 201 Å². The molecule has 1 heterocycles. The number of esters is 3. The number of carbonyl (C=O) groups excluding carboxylic acids is 3. The van der Waals surface area contributed by atoms with Gasteiger partial charge >= 0.3 is 23.9 Å². The van der Waals surface area contributed by atoms with E-state index in [0.717, 1.165) is 109 Å². The minimum absolute atomic E-state index is 0.0180. The van der Waals surface area contributed by atoms with Crippen LogP contribution in [0.2, 0.25) is 0 Å². The molecule has 1 rings (SSSR count). The van der Waals surface area contributed by atoms with Crippen molar-refractivity contribution in [3.63, 3.8) is 0 Å². The Balaban J connectivity index is 2.74.